The zero-order chi connectivity index (χ0) is 12.6. The molecule has 0 saturated heterocycles. The van der Waals surface area contributed by atoms with E-state index in [0.29, 0.717) is 5.56 Å². The summed E-state index contributed by atoms with van der Waals surface area (Å²) >= 11 is 0. The SMILES string of the molecule is O=C(O)C=Cc1cccc(O)c1.O=C(O)O. The van der Waals surface area contributed by atoms with Gasteiger partial charge in [-0.1, -0.05) is 12.1 Å². The lowest BCUT2D eigenvalue weighted by Gasteiger charge is -1.92. The van der Waals surface area contributed by atoms with Gasteiger partial charge in [-0.25, -0.2) is 9.59 Å². The summed E-state index contributed by atoms with van der Waals surface area (Å²) in [5.74, 6) is -0.874. The van der Waals surface area contributed by atoms with E-state index in [9.17, 15) is 4.79 Å². The molecule has 0 spiro atoms. The van der Waals surface area contributed by atoms with Gasteiger partial charge in [-0.15, -0.1) is 0 Å². The molecule has 0 saturated carbocycles. The first-order valence-corrected chi connectivity index (χ1v) is 4.03. The molecule has 1 aromatic carbocycles. The van der Waals surface area contributed by atoms with Crippen LogP contribution in [0.15, 0.2) is 30.3 Å². The molecule has 0 aliphatic rings. The smallest absolute Gasteiger partial charge is 0.503 e. The maximum absolute atomic E-state index is 10.1. The van der Waals surface area contributed by atoms with Crippen LogP contribution < -0.4 is 0 Å². The van der Waals surface area contributed by atoms with E-state index in [4.69, 9.17) is 25.2 Å². The normalized spacial score (nSPS) is 9.25. The van der Waals surface area contributed by atoms with Crippen molar-refractivity contribution in [1.29, 1.82) is 0 Å². The zero-order valence-electron chi connectivity index (χ0n) is 8.07. The molecule has 0 bridgehead atoms. The molecule has 0 fully saturated rings. The maximum Gasteiger partial charge on any atom is 0.503 e. The molecule has 0 heterocycles. The van der Waals surface area contributed by atoms with Crippen molar-refractivity contribution in [2.24, 2.45) is 0 Å². The van der Waals surface area contributed by atoms with E-state index in [0.717, 1.165) is 6.08 Å². The van der Waals surface area contributed by atoms with Gasteiger partial charge in [-0.2, -0.15) is 0 Å². The lowest BCUT2D eigenvalue weighted by molar-refractivity contribution is -0.131. The summed E-state index contributed by atoms with van der Waals surface area (Å²) in [4.78, 5) is 18.7. The Morgan fingerprint density at radius 2 is 1.69 bits per heavy atom. The van der Waals surface area contributed by atoms with Crippen LogP contribution >= 0.6 is 0 Å². The standard InChI is InChI=1S/C9H8O3.CH2O3/c10-8-3-1-2-7(6-8)4-5-9(11)12;2-1(3)4/h1-6,10H,(H,11,12);(H2,2,3,4). The van der Waals surface area contributed by atoms with Gasteiger partial charge in [0.2, 0.25) is 0 Å². The van der Waals surface area contributed by atoms with Crippen molar-refractivity contribution in [3.8, 4) is 5.75 Å². The summed E-state index contributed by atoms with van der Waals surface area (Å²) in [5, 5.41) is 31.2. The fourth-order valence-corrected chi connectivity index (χ4v) is 0.796. The average Bonchev–Trinajstić information content (AvgIpc) is 2.14. The van der Waals surface area contributed by atoms with E-state index < -0.39 is 12.1 Å². The van der Waals surface area contributed by atoms with Gasteiger partial charge in [0, 0.05) is 6.08 Å². The quantitative estimate of drug-likeness (QED) is 0.570. The summed E-state index contributed by atoms with van der Waals surface area (Å²) in [6, 6.07) is 6.37. The Morgan fingerprint density at radius 1 is 1.12 bits per heavy atom. The fourth-order valence-electron chi connectivity index (χ4n) is 0.796. The van der Waals surface area contributed by atoms with Crippen molar-refractivity contribution < 1.29 is 30.0 Å². The highest BCUT2D eigenvalue weighted by Crippen LogP contribution is 2.11. The minimum Gasteiger partial charge on any atom is -0.508 e. The molecule has 4 N–H and O–H groups in total. The topological polar surface area (TPSA) is 115 Å². The van der Waals surface area contributed by atoms with Crippen LogP contribution in [0.25, 0.3) is 6.08 Å². The van der Waals surface area contributed by atoms with E-state index in [1.165, 1.54) is 18.2 Å². The van der Waals surface area contributed by atoms with Crippen LogP contribution in [-0.2, 0) is 4.79 Å². The second-order valence-corrected chi connectivity index (χ2v) is 2.55. The lowest BCUT2D eigenvalue weighted by atomic mass is 10.2. The molecule has 0 aliphatic heterocycles. The lowest BCUT2D eigenvalue weighted by Crippen LogP contribution is -1.85. The van der Waals surface area contributed by atoms with Gasteiger partial charge in [0.05, 0.1) is 0 Å². The minimum atomic E-state index is -1.83. The van der Waals surface area contributed by atoms with Gasteiger partial charge in [-0.05, 0) is 23.8 Å². The molecule has 0 atom stereocenters. The minimum absolute atomic E-state index is 0.127. The third-order valence-electron chi connectivity index (χ3n) is 1.29. The number of benzene rings is 1. The Bertz CT molecular complexity index is 392. The summed E-state index contributed by atoms with van der Waals surface area (Å²) < 4.78 is 0. The summed E-state index contributed by atoms with van der Waals surface area (Å²) in [5.41, 5.74) is 0.664. The number of aliphatic carboxylic acids is 1. The predicted molar refractivity (Wildman–Crippen MR) is 55.4 cm³/mol. The Kier molecular flexibility index (Phi) is 5.81. The number of phenols is 1. The second kappa shape index (κ2) is 6.88. The monoisotopic (exact) mass is 226 g/mol. The molecule has 86 valence electrons. The third-order valence-corrected chi connectivity index (χ3v) is 1.29. The first kappa shape index (κ1) is 13.5. The highest BCUT2D eigenvalue weighted by molar-refractivity contribution is 5.85. The van der Waals surface area contributed by atoms with Gasteiger partial charge in [0.25, 0.3) is 0 Å². The molecular weight excluding hydrogens is 216 g/mol. The molecule has 0 unspecified atom stereocenters. The van der Waals surface area contributed by atoms with Crippen molar-refractivity contribution in [3.05, 3.63) is 35.9 Å². The number of carbonyl (C=O) groups is 2. The highest BCUT2D eigenvalue weighted by atomic mass is 16.6. The molecule has 0 radical (unpaired) electrons. The Balaban J connectivity index is 0.000000487. The highest BCUT2D eigenvalue weighted by Gasteiger charge is 1.90. The predicted octanol–water partition coefficient (Wildman–Crippen LogP) is 1.71. The Hall–Kier alpha value is -2.50. The summed E-state index contributed by atoms with van der Waals surface area (Å²) in [7, 11) is 0. The van der Waals surface area contributed by atoms with Crippen molar-refractivity contribution in [3.63, 3.8) is 0 Å². The van der Waals surface area contributed by atoms with Gasteiger partial charge < -0.3 is 20.4 Å². The number of carboxylic acid groups (broad SMARTS) is 3. The molecule has 0 amide bonds. The Labute approximate surface area is 90.7 Å². The number of hydrogen-bond donors (Lipinski definition) is 4. The third kappa shape index (κ3) is 8.11. The summed E-state index contributed by atoms with van der Waals surface area (Å²) in [6.07, 6.45) is 0.608. The van der Waals surface area contributed by atoms with E-state index in [1.54, 1.807) is 12.1 Å². The van der Waals surface area contributed by atoms with Gasteiger partial charge in [0.1, 0.15) is 5.75 Å². The summed E-state index contributed by atoms with van der Waals surface area (Å²) in [6.45, 7) is 0. The molecule has 0 aliphatic carbocycles. The fraction of sp³-hybridized carbons (Fsp3) is 0. The number of carboxylic acids is 1. The van der Waals surface area contributed by atoms with Crippen LogP contribution in [0.5, 0.6) is 5.75 Å². The molecule has 1 aromatic rings. The molecule has 6 heteroatoms. The van der Waals surface area contributed by atoms with Crippen LogP contribution in [-0.4, -0.2) is 32.6 Å². The maximum atomic E-state index is 10.1. The van der Waals surface area contributed by atoms with E-state index in [-0.39, 0.29) is 5.75 Å². The second-order valence-electron chi connectivity index (χ2n) is 2.55. The molecule has 0 aromatic heterocycles. The van der Waals surface area contributed by atoms with Crippen molar-refractivity contribution >= 4 is 18.2 Å². The van der Waals surface area contributed by atoms with Crippen LogP contribution in [0.1, 0.15) is 5.56 Å². The average molecular weight is 226 g/mol. The molecule has 16 heavy (non-hydrogen) atoms. The van der Waals surface area contributed by atoms with Gasteiger partial charge in [0.15, 0.2) is 0 Å². The van der Waals surface area contributed by atoms with Crippen molar-refractivity contribution in [1.82, 2.24) is 0 Å². The van der Waals surface area contributed by atoms with Crippen LogP contribution in [0.2, 0.25) is 0 Å². The molecule has 6 nitrogen and oxygen atoms in total. The number of aromatic hydroxyl groups is 1. The van der Waals surface area contributed by atoms with Gasteiger partial charge in [-0.3, -0.25) is 0 Å². The molecular formula is C10H10O6. The van der Waals surface area contributed by atoms with E-state index in [1.807, 2.05) is 0 Å². The first-order valence-electron chi connectivity index (χ1n) is 4.03. The number of phenolic OH excluding ortho intramolecular Hbond substituents is 1. The van der Waals surface area contributed by atoms with Crippen LogP contribution in [0.4, 0.5) is 4.79 Å². The molecule has 1 rings (SSSR count). The largest absolute Gasteiger partial charge is 0.508 e. The first-order chi connectivity index (χ1) is 7.41. The van der Waals surface area contributed by atoms with Crippen LogP contribution in [0.3, 0.4) is 0 Å². The van der Waals surface area contributed by atoms with E-state index in [2.05, 4.69) is 0 Å². The van der Waals surface area contributed by atoms with E-state index >= 15 is 0 Å². The zero-order valence-corrected chi connectivity index (χ0v) is 8.07. The Morgan fingerprint density at radius 3 is 2.12 bits per heavy atom. The number of rotatable bonds is 2. The van der Waals surface area contributed by atoms with Gasteiger partial charge >= 0.3 is 12.1 Å². The van der Waals surface area contributed by atoms with Crippen molar-refractivity contribution in [2.75, 3.05) is 0 Å². The number of hydrogen-bond acceptors (Lipinski definition) is 3. The van der Waals surface area contributed by atoms with Crippen LogP contribution in [0, 0.1) is 0 Å². The van der Waals surface area contributed by atoms with Crippen molar-refractivity contribution in [2.45, 2.75) is 0 Å².